The van der Waals surface area contributed by atoms with Gasteiger partial charge in [-0.1, -0.05) is 24.3 Å². The zero-order chi connectivity index (χ0) is 12.1. The lowest BCUT2D eigenvalue weighted by Crippen LogP contribution is -1.89. The molecule has 0 aliphatic rings. The van der Waals surface area contributed by atoms with Crippen molar-refractivity contribution in [2.45, 2.75) is 0 Å². The third-order valence-electron chi connectivity index (χ3n) is 2.04. The van der Waals surface area contributed by atoms with E-state index in [1.165, 1.54) is 0 Å². The van der Waals surface area contributed by atoms with Crippen LogP contribution >= 0.6 is 31.9 Å². The van der Waals surface area contributed by atoms with Crippen LogP contribution in [0.25, 0.3) is 6.08 Å². The molecule has 0 aliphatic carbocycles. The van der Waals surface area contributed by atoms with Crippen LogP contribution in [-0.4, -0.2) is 4.98 Å². The number of pyridine rings is 1. The summed E-state index contributed by atoms with van der Waals surface area (Å²) in [7, 11) is 0. The summed E-state index contributed by atoms with van der Waals surface area (Å²) in [5.41, 5.74) is 0.974. The van der Waals surface area contributed by atoms with Gasteiger partial charge in [-0.15, -0.1) is 0 Å². The second-order valence-electron chi connectivity index (χ2n) is 3.24. The molecule has 0 saturated heterocycles. The molecule has 0 bridgehead atoms. The minimum atomic E-state index is 0.582. The maximum absolute atomic E-state index is 5.71. The molecule has 1 aromatic heterocycles. The van der Waals surface area contributed by atoms with Crippen molar-refractivity contribution in [3.8, 4) is 11.6 Å². The number of benzene rings is 1. The molecule has 0 N–H and O–H groups in total. The molecule has 2 nitrogen and oxygen atoms in total. The van der Waals surface area contributed by atoms with Gasteiger partial charge in [0.05, 0.1) is 3.39 Å². The van der Waals surface area contributed by atoms with Crippen LogP contribution in [0.15, 0.2) is 52.1 Å². The first-order chi connectivity index (χ1) is 8.25. The summed E-state index contributed by atoms with van der Waals surface area (Å²) in [5, 5.41) is 0. The molecule has 0 spiro atoms. The summed E-state index contributed by atoms with van der Waals surface area (Å²) in [6, 6.07) is 13.3. The Kier molecular flexibility index (Phi) is 4.34. The molecule has 0 unspecified atom stereocenters. The minimum Gasteiger partial charge on any atom is -0.438 e. The van der Waals surface area contributed by atoms with Crippen LogP contribution in [0.1, 0.15) is 5.56 Å². The van der Waals surface area contributed by atoms with Gasteiger partial charge in [-0.3, -0.25) is 0 Å². The Morgan fingerprint density at radius 2 is 1.82 bits per heavy atom. The average Bonchev–Trinajstić information content (AvgIpc) is 2.32. The molecule has 4 heteroatoms. The third kappa shape index (κ3) is 3.68. The molecule has 1 heterocycles. The second-order valence-corrected chi connectivity index (χ2v) is 6.01. The van der Waals surface area contributed by atoms with Crippen LogP contribution in [0.5, 0.6) is 11.6 Å². The third-order valence-corrected chi connectivity index (χ3v) is 2.49. The van der Waals surface area contributed by atoms with Crippen LogP contribution in [0.4, 0.5) is 0 Å². The molecule has 1 aromatic carbocycles. The Balaban J connectivity index is 2.30. The fourth-order valence-corrected chi connectivity index (χ4v) is 1.82. The first-order valence-electron chi connectivity index (χ1n) is 4.96. The lowest BCUT2D eigenvalue weighted by atomic mass is 10.2. The van der Waals surface area contributed by atoms with E-state index in [2.05, 4.69) is 36.8 Å². The lowest BCUT2D eigenvalue weighted by Gasteiger charge is -2.07. The van der Waals surface area contributed by atoms with Gasteiger partial charge in [0.2, 0.25) is 5.88 Å². The van der Waals surface area contributed by atoms with Gasteiger partial charge in [-0.2, -0.15) is 0 Å². The largest absolute Gasteiger partial charge is 0.438 e. The molecule has 0 radical (unpaired) electrons. The van der Waals surface area contributed by atoms with Crippen molar-refractivity contribution in [2.24, 2.45) is 0 Å². The van der Waals surface area contributed by atoms with E-state index < -0.39 is 0 Å². The average molecular weight is 355 g/mol. The van der Waals surface area contributed by atoms with Crippen molar-refractivity contribution in [3.63, 3.8) is 0 Å². The fourth-order valence-electron chi connectivity index (χ4n) is 1.33. The molecule has 0 aliphatic heterocycles. The number of hydrogen-bond acceptors (Lipinski definition) is 2. The lowest BCUT2D eigenvalue weighted by molar-refractivity contribution is 0.462. The van der Waals surface area contributed by atoms with Gasteiger partial charge >= 0.3 is 0 Å². The fraction of sp³-hybridized carbons (Fsp3) is 0. The molecule has 0 amide bonds. The quantitative estimate of drug-likeness (QED) is 0.776. The van der Waals surface area contributed by atoms with E-state index in [0.717, 1.165) is 14.7 Å². The highest BCUT2D eigenvalue weighted by atomic mass is 79.9. The van der Waals surface area contributed by atoms with Crippen LogP contribution in [0, 0.1) is 0 Å². The topological polar surface area (TPSA) is 22.1 Å². The van der Waals surface area contributed by atoms with Gasteiger partial charge < -0.3 is 4.74 Å². The molecule has 17 heavy (non-hydrogen) atoms. The van der Waals surface area contributed by atoms with Crippen molar-refractivity contribution in [3.05, 3.63) is 57.6 Å². The van der Waals surface area contributed by atoms with E-state index >= 15 is 0 Å². The van der Waals surface area contributed by atoms with Crippen molar-refractivity contribution >= 4 is 37.9 Å². The normalized spacial score (nSPS) is 9.76. The van der Waals surface area contributed by atoms with Gasteiger partial charge in [0.1, 0.15) is 5.75 Å². The maximum Gasteiger partial charge on any atom is 0.219 e. The summed E-state index contributed by atoms with van der Waals surface area (Å²) < 4.78 is 6.58. The summed E-state index contributed by atoms with van der Waals surface area (Å²) in [6.45, 7) is 0. The Hall–Kier alpha value is -1.13. The van der Waals surface area contributed by atoms with Gasteiger partial charge in [0, 0.05) is 17.8 Å². The van der Waals surface area contributed by atoms with Gasteiger partial charge in [0.25, 0.3) is 0 Å². The number of para-hydroxylation sites is 1. The van der Waals surface area contributed by atoms with Crippen LogP contribution in [0.2, 0.25) is 0 Å². The van der Waals surface area contributed by atoms with E-state index in [-0.39, 0.29) is 0 Å². The minimum absolute atomic E-state index is 0.582. The first-order valence-corrected chi connectivity index (χ1v) is 6.55. The highest BCUT2D eigenvalue weighted by Crippen LogP contribution is 2.28. The summed E-state index contributed by atoms with van der Waals surface area (Å²) in [6.07, 6.45) is 3.63. The van der Waals surface area contributed by atoms with Gasteiger partial charge in [-0.05, 0) is 50.1 Å². The Labute approximate surface area is 117 Å². The number of rotatable bonds is 3. The first kappa shape index (κ1) is 12.3. The Morgan fingerprint density at radius 3 is 2.53 bits per heavy atom. The van der Waals surface area contributed by atoms with E-state index in [1.54, 1.807) is 6.20 Å². The molecule has 0 fully saturated rings. The summed E-state index contributed by atoms with van der Waals surface area (Å²) in [4.78, 5) is 4.13. The second kappa shape index (κ2) is 5.98. The van der Waals surface area contributed by atoms with E-state index in [0.29, 0.717) is 5.88 Å². The van der Waals surface area contributed by atoms with Crippen molar-refractivity contribution in [1.29, 1.82) is 0 Å². The molecule has 0 atom stereocenters. The predicted molar refractivity (Wildman–Crippen MR) is 76.6 cm³/mol. The zero-order valence-electron chi connectivity index (χ0n) is 8.81. The Morgan fingerprint density at radius 1 is 1.06 bits per heavy atom. The predicted octanol–water partition coefficient (Wildman–Crippen LogP) is 4.96. The van der Waals surface area contributed by atoms with E-state index in [9.17, 15) is 0 Å². The number of hydrogen-bond donors (Lipinski definition) is 0. The van der Waals surface area contributed by atoms with E-state index in [1.807, 2.05) is 48.5 Å². The SMILES string of the molecule is BrC(Br)=Cc1ccccc1Oc1ccccn1. The number of nitrogens with zero attached hydrogens (tertiary/aromatic N) is 1. The number of aromatic nitrogens is 1. The van der Waals surface area contributed by atoms with E-state index in [4.69, 9.17) is 4.74 Å². The van der Waals surface area contributed by atoms with Crippen LogP contribution in [-0.2, 0) is 0 Å². The molecule has 86 valence electrons. The number of halogens is 2. The Bertz CT molecular complexity index is 522. The van der Waals surface area contributed by atoms with Crippen LogP contribution < -0.4 is 4.74 Å². The summed E-state index contributed by atoms with van der Waals surface area (Å²) >= 11 is 6.67. The number of ether oxygens (including phenoxy) is 1. The van der Waals surface area contributed by atoms with Gasteiger partial charge in [0.15, 0.2) is 0 Å². The monoisotopic (exact) mass is 353 g/mol. The molecular weight excluding hydrogens is 346 g/mol. The summed E-state index contributed by atoms with van der Waals surface area (Å²) in [5.74, 6) is 1.35. The van der Waals surface area contributed by atoms with Crippen molar-refractivity contribution < 1.29 is 4.74 Å². The highest BCUT2D eigenvalue weighted by Gasteiger charge is 2.02. The van der Waals surface area contributed by atoms with Crippen molar-refractivity contribution in [2.75, 3.05) is 0 Å². The van der Waals surface area contributed by atoms with Gasteiger partial charge in [-0.25, -0.2) is 4.98 Å². The zero-order valence-corrected chi connectivity index (χ0v) is 12.0. The van der Waals surface area contributed by atoms with Crippen LogP contribution in [0.3, 0.4) is 0 Å². The molecule has 2 aromatic rings. The van der Waals surface area contributed by atoms with Crippen molar-refractivity contribution in [1.82, 2.24) is 4.98 Å². The smallest absolute Gasteiger partial charge is 0.219 e. The molecule has 2 rings (SSSR count). The molecular formula is C13H9Br2NO. The maximum atomic E-state index is 5.71. The molecule has 0 saturated carbocycles. The highest BCUT2D eigenvalue weighted by molar-refractivity contribution is 9.28. The standard InChI is InChI=1S/C13H9Br2NO/c14-12(15)9-10-5-1-2-6-11(10)17-13-7-3-4-8-16-13/h1-9H.